The SMILES string of the molecule is CCOC(=O)C(O)(c1ccc(N)c(-c2cc3ccccc3[nH]2)c1)C(F)(F)F. The van der Waals surface area contributed by atoms with Crippen molar-refractivity contribution in [2.24, 2.45) is 0 Å². The maximum Gasteiger partial charge on any atom is 0.432 e. The highest BCUT2D eigenvalue weighted by Crippen LogP contribution is 2.42. The number of hydrogen-bond acceptors (Lipinski definition) is 4. The molecule has 1 atom stereocenters. The molecule has 0 aliphatic carbocycles. The maximum atomic E-state index is 13.6. The number of nitrogens with one attached hydrogen (secondary N) is 1. The summed E-state index contributed by atoms with van der Waals surface area (Å²) in [5.74, 6) is -1.79. The number of para-hydroxylation sites is 1. The molecular weight excluding hydrogens is 361 g/mol. The molecule has 0 bridgehead atoms. The molecule has 0 saturated carbocycles. The second kappa shape index (κ2) is 6.62. The fourth-order valence-corrected chi connectivity index (χ4v) is 2.87. The average Bonchev–Trinajstić information content (AvgIpc) is 3.04. The van der Waals surface area contributed by atoms with E-state index >= 15 is 0 Å². The van der Waals surface area contributed by atoms with Crippen molar-refractivity contribution in [3.8, 4) is 11.3 Å². The molecule has 1 unspecified atom stereocenters. The minimum atomic E-state index is -5.27. The van der Waals surface area contributed by atoms with Crippen LogP contribution in [0.4, 0.5) is 18.9 Å². The molecule has 1 aromatic heterocycles. The molecule has 2 aromatic carbocycles. The van der Waals surface area contributed by atoms with Gasteiger partial charge in [-0.05, 0) is 31.2 Å². The molecule has 4 N–H and O–H groups in total. The van der Waals surface area contributed by atoms with Gasteiger partial charge in [0.15, 0.2) is 0 Å². The lowest BCUT2D eigenvalue weighted by molar-refractivity contribution is -0.267. The van der Waals surface area contributed by atoms with E-state index in [0.717, 1.165) is 23.0 Å². The Balaban J connectivity index is 2.17. The van der Waals surface area contributed by atoms with E-state index in [1.54, 1.807) is 6.07 Å². The van der Waals surface area contributed by atoms with E-state index in [-0.39, 0.29) is 17.9 Å². The van der Waals surface area contributed by atoms with Crippen molar-refractivity contribution in [2.75, 3.05) is 12.3 Å². The van der Waals surface area contributed by atoms with E-state index in [9.17, 15) is 23.1 Å². The Labute approximate surface area is 152 Å². The summed E-state index contributed by atoms with van der Waals surface area (Å²) in [6, 6.07) is 12.2. The number of fused-ring (bicyclic) bond motifs is 1. The lowest BCUT2D eigenvalue weighted by atomic mass is 9.90. The van der Waals surface area contributed by atoms with Crippen LogP contribution in [0.1, 0.15) is 12.5 Å². The number of aromatic nitrogens is 1. The van der Waals surface area contributed by atoms with Crippen molar-refractivity contribution < 1.29 is 27.8 Å². The van der Waals surface area contributed by atoms with Gasteiger partial charge in [0.05, 0.1) is 6.61 Å². The summed E-state index contributed by atoms with van der Waals surface area (Å²) in [6.45, 7) is 1.05. The number of esters is 1. The van der Waals surface area contributed by atoms with Crippen molar-refractivity contribution in [1.29, 1.82) is 0 Å². The molecule has 3 aromatic rings. The van der Waals surface area contributed by atoms with Crippen LogP contribution < -0.4 is 5.73 Å². The Kier molecular flexibility index (Phi) is 4.61. The third-order valence-corrected chi connectivity index (χ3v) is 4.27. The van der Waals surface area contributed by atoms with Gasteiger partial charge in [-0.2, -0.15) is 13.2 Å². The number of H-pyrrole nitrogens is 1. The normalized spacial score (nSPS) is 14.1. The van der Waals surface area contributed by atoms with Gasteiger partial charge in [-0.25, -0.2) is 4.79 Å². The molecule has 8 heteroatoms. The first-order chi connectivity index (χ1) is 12.7. The van der Waals surface area contributed by atoms with Crippen LogP contribution in [0.3, 0.4) is 0 Å². The molecule has 27 heavy (non-hydrogen) atoms. The number of carbonyl (C=O) groups excluding carboxylic acids is 1. The van der Waals surface area contributed by atoms with Gasteiger partial charge in [0.25, 0.3) is 5.60 Å². The topological polar surface area (TPSA) is 88.3 Å². The van der Waals surface area contributed by atoms with Crippen LogP contribution in [-0.4, -0.2) is 28.8 Å². The molecule has 0 aliphatic heterocycles. The Hall–Kier alpha value is -3.00. The Morgan fingerprint density at radius 1 is 1.19 bits per heavy atom. The molecule has 3 rings (SSSR count). The van der Waals surface area contributed by atoms with Gasteiger partial charge in [-0.1, -0.05) is 24.3 Å². The molecule has 0 amide bonds. The summed E-state index contributed by atoms with van der Waals surface area (Å²) in [7, 11) is 0. The number of rotatable bonds is 4. The summed E-state index contributed by atoms with van der Waals surface area (Å²) >= 11 is 0. The lowest BCUT2D eigenvalue weighted by Gasteiger charge is -2.29. The molecule has 1 heterocycles. The first kappa shape index (κ1) is 18.8. The zero-order chi connectivity index (χ0) is 19.8. The number of ether oxygens (including phenoxy) is 1. The minimum Gasteiger partial charge on any atom is -0.463 e. The van der Waals surface area contributed by atoms with Crippen LogP contribution in [0.25, 0.3) is 22.2 Å². The summed E-state index contributed by atoms with van der Waals surface area (Å²) in [5.41, 5.74) is 3.13. The van der Waals surface area contributed by atoms with Crippen LogP contribution in [-0.2, 0) is 15.1 Å². The largest absolute Gasteiger partial charge is 0.463 e. The van der Waals surface area contributed by atoms with Gasteiger partial charge in [0.1, 0.15) is 0 Å². The molecule has 0 aliphatic rings. The second-order valence-corrected chi connectivity index (χ2v) is 6.00. The quantitative estimate of drug-likeness (QED) is 0.477. The van der Waals surface area contributed by atoms with E-state index in [1.807, 2.05) is 24.3 Å². The second-order valence-electron chi connectivity index (χ2n) is 6.00. The van der Waals surface area contributed by atoms with E-state index in [4.69, 9.17) is 5.73 Å². The highest BCUT2D eigenvalue weighted by Gasteiger charge is 2.62. The summed E-state index contributed by atoms with van der Waals surface area (Å²) in [5, 5.41) is 11.1. The molecule has 142 valence electrons. The molecule has 0 radical (unpaired) electrons. The fourth-order valence-electron chi connectivity index (χ4n) is 2.87. The zero-order valence-corrected chi connectivity index (χ0v) is 14.3. The number of aromatic amines is 1. The van der Waals surface area contributed by atoms with Gasteiger partial charge in [0, 0.05) is 33.4 Å². The maximum absolute atomic E-state index is 13.6. The lowest BCUT2D eigenvalue weighted by Crippen LogP contribution is -2.50. The molecule has 0 spiro atoms. The van der Waals surface area contributed by atoms with Crippen molar-refractivity contribution in [3.05, 3.63) is 54.1 Å². The van der Waals surface area contributed by atoms with Gasteiger partial charge in [-0.15, -0.1) is 0 Å². The number of aliphatic hydroxyl groups is 1. The average molecular weight is 378 g/mol. The minimum absolute atomic E-state index is 0.193. The number of alkyl halides is 3. The van der Waals surface area contributed by atoms with Gasteiger partial charge in [0.2, 0.25) is 0 Å². The summed E-state index contributed by atoms with van der Waals surface area (Å²) in [4.78, 5) is 15.0. The third-order valence-electron chi connectivity index (χ3n) is 4.27. The number of benzene rings is 2. The van der Waals surface area contributed by atoms with Crippen molar-refractivity contribution in [3.63, 3.8) is 0 Å². The smallest absolute Gasteiger partial charge is 0.432 e. The van der Waals surface area contributed by atoms with Gasteiger partial charge in [-0.3, -0.25) is 0 Å². The number of nitrogen functional groups attached to an aromatic ring is 1. The van der Waals surface area contributed by atoms with Gasteiger partial charge < -0.3 is 20.6 Å². The Bertz CT molecular complexity index is 964. The van der Waals surface area contributed by atoms with E-state index in [2.05, 4.69) is 9.72 Å². The van der Waals surface area contributed by atoms with Crippen molar-refractivity contribution in [1.82, 2.24) is 4.98 Å². The van der Waals surface area contributed by atoms with Crippen LogP contribution in [0, 0.1) is 0 Å². The molecule has 0 fully saturated rings. The molecular formula is C19H17F3N2O3. The van der Waals surface area contributed by atoms with Crippen LogP contribution >= 0.6 is 0 Å². The van der Waals surface area contributed by atoms with Crippen LogP contribution in [0.15, 0.2) is 48.5 Å². The highest BCUT2D eigenvalue weighted by atomic mass is 19.4. The molecule has 5 nitrogen and oxygen atoms in total. The number of halogens is 3. The van der Waals surface area contributed by atoms with Crippen LogP contribution in [0.5, 0.6) is 0 Å². The Morgan fingerprint density at radius 2 is 1.89 bits per heavy atom. The number of carbonyl (C=O) groups is 1. The first-order valence-corrected chi connectivity index (χ1v) is 8.13. The predicted molar refractivity (Wildman–Crippen MR) is 94.7 cm³/mol. The monoisotopic (exact) mass is 378 g/mol. The standard InChI is InChI=1S/C19H17F3N2O3/c1-2-27-17(25)18(26,19(20,21)22)12-7-8-14(23)13(10-12)16-9-11-5-3-4-6-15(11)24-16/h3-10,24,26H,2,23H2,1H3. The Morgan fingerprint density at radius 3 is 2.52 bits per heavy atom. The van der Waals surface area contributed by atoms with Crippen molar-refractivity contribution >= 4 is 22.6 Å². The zero-order valence-electron chi connectivity index (χ0n) is 14.3. The summed E-state index contributed by atoms with van der Waals surface area (Å²) < 4.78 is 45.2. The third kappa shape index (κ3) is 3.12. The number of hydrogen-bond donors (Lipinski definition) is 3. The van der Waals surface area contributed by atoms with Crippen molar-refractivity contribution in [2.45, 2.75) is 18.7 Å². The van der Waals surface area contributed by atoms with E-state index in [1.165, 1.54) is 13.0 Å². The highest BCUT2D eigenvalue weighted by molar-refractivity contribution is 5.89. The van der Waals surface area contributed by atoms with Crippen LogP contribution in [0.2, 0.25) is 0 Å². The first-order valence-electron chi connectivity index (χ1n) is 8.13. The van der Waals surface area contributed by atoms with E-state index < -0.39 is 23.3 Å². The molecule has 0 saturated heterocycles. The fraction of sp³-hybridized carbons (Fsp3) is 0.211. The summed E-state index contributed by atoms with van der Waals surface area (Å²) in [6.07, 6.45) is -5.27. The number of nitrogens with two attached hydrogens (primary N) is 1. The van der Waals surface area contributed by atoms with E-state index in [0.29, 0.717) is 5.69 Å². The van der Waals surface area contributed by atoms with Gasteiger partial charge >= 0.3 is 12.1 Å². The predicted octanol–water partition coefficient (Wildman–Crippen LogP) is 3.73. The number of anilines is 1.